The van der Waals surface area contributed by atoms with Gasteiger partial charge in [0.25, 0.3) is 0 Å². The molecule has 0 fully saturated rings. The number of halogens is 3. The third-order valence-corrected chi connectivity index (χ3v) is 4.52. The Hall–Kier alpha value is -4.21. The molecule has 31 heavy (non-hydrogen) atoms. The molecule has 2 N–H and O–H groups in total. The lowest BCUT2D eigenvalue weighted by atomic mass is 10.1. The summed E-state index contributed by atoms with van der Waals surface area (Å²) >= 11 is 0. The zero-order valence-electron chi connectivity index (χ0n) is 15.7. The summed E-state index contributed by atoms with van der Waals surface area (Å²) in [6.45, 7) is 0. The maximum atomic E-state index is 12.7. The van der Waals surface area contributed by atoms with Crippen LogP contribution in [0.4, 0.5) is 41.9 Å². The number of rotatable bonds is 5. The SMILES string of the molecule is O=[N+]([O-])c1c(Nc2ccc(C(F)(F)F)cc2)ncnc1Nc1cccc2ccccc12. The van der Waals surface area contributed by atoms with Crippen molar-refractivity contribution in [2.75, 3.05) is 10.6 Å². The van der Waals surface area contributed by atoms with Gasteiger partial charge in [-0.05, 0) is 35.7 Å². The van der Waals surface area contributed by atoms with Crippen LogP contribution in [0.15, 0.2) is 73.1 Å². The van der Waals surface area contributed by atoms with Crippen molar-refractivity contribution >= 4 is 39.5 Å². The Kier molecular flexibility index (Phi) is 5.12. The summed E-state index contributed by atoms with van der Waals surface area (Å²) in [7, 11) is 0. The topological polar surface area (TPSA) is 93.0 Å². The van der Waals surface area contributed by atoms with Crippen molar-refractivity contribution in [1.82, 2.24) is 9.97 Å². The first-order valence-electron chi connectivity index (χ1n) is 9.01. The standard InChI is InChI=1S/C21H14F3N5O2/c22-21(23,24)14-8-10-15(11-9-14)27-19-18(29(30)31)20(26-12-25-19)28-17-7-3-5-13-4-1-2-6-16(13)17/h1-12H,(H2,25,26,27,28). The van der Waals surface area contributed by atoms with Crippen LogP contribution in [0.2, 0.25) is 0 Å². The van der Waals surface area contributed by atoms with Gasteiger partial charge in [-0.1, -0.05) is 36.4 Å². The van der Waals surface area contributed by atoms with E-state index < -0.39 is 22.4 Å². The quantitative estimate of drug-likeness (QED) is 0.299. The van der Waals surface area contributed by atoms with E-state index in [0.717, 1.165) is 29.2 Å². The predicted molar refractivity (Wildman–Crippen MR) is 111 cm³/mol. The lowest BCUT2D eigenvalue weighted by molar-refractivity contribution is -0.383. The van der Waals surface area contributed by atoms with Crippen molar-refractivity contribution < 1.29 is 18.1 Å². The minimum atomic E-state index is -4.48. The number of nitro groups is 1. The van der Waals surface area contributed by atoms with Gasteiger partial charge in [0, 0.05) is 16.8 Å². The molecule has 0 unspecified atom stereocenters. The Morgan fingerprint density at radius 3 is 2.16 bits per heavy atom. The van der Waals surface area contributed by atoms with Gasteiger partial charge in [-0.3, -0.25) is 10.1 Å². The van der Waals surface area contributed by atoms with Gasteiger partial charge in [0.05, 0.1) is 10.5 Å². The van der Waals surface area contributed by atoms with E-state index in [1.165, 1.54) is 12.1 Å². The maximum Gasteiger partial charge on any atom is 0.416 e. The van der Waals surface area contributed by atoms with Crippen LogP contribution in [0.3, 0.4) is 0 Å². The molecule has 0 atom stereocenters. The fourth-order valence-corrected chi connectivity index (χ4v) is 3.08. The minimum absolute atomic E-state index is 0.0502. The molecule has 0 aliphatic heterocycles. The van der Waals surface area contributed by atoms with Crippen LogP contribution >= 0.6 is 0 Å². The molecule has 0 saturated heterocycles. The van der Waals surface area contributed by atoms with Crippen LogP contribution in [0.1, 0.15) is 5.56 Å². The number of hydrogen-bond acceptors (Lipinski definition) is 6. The number of hydrogen-bond donors (Lipinski definition) is 2. The van der Waals surface area contributed by atoms with Gasteiger partial charge in [-0.15, -0.1) is 0 Å². The number of nitrogens with one attached hydrogen (secondary N) is 2. The molecule has 0 amide bonds. The van der Waals surface area contributed by atoms with E-state index in [1.54, 1.807) is 12.1 Å². The second kappa shape index (κ2) is 7.90. The van der Waals surface area contributed by atoms with Gasteiger partial charge in [0.1, 0.15) is 6.33 Å². The second-order valence-electron chi connectivity index (χ2n) is 6.53. The fraction of sp³-hybridized carbons (Fsp3) is 0.0476. The molecule has 3 aromatic carbocycles. The molecule has 0 spiro atoms. The zero-order chi connectivity index (χ0) is 22.0. The molecule has 10 heteroatoms. The molecule has 0 aliphatic rings. The summed E-state index contributed by atoms with van der Waals surface area (Å²) in [5.41, 5.74) is -0.435. The van der Waals surface area contributed by atoms with Crippen LogP contribution in [-0.4, -0.2) is 14.9 Å². The Labute approximate surface area is 173 Å². The Balaban J connectivity index is 1.69. The minimum Gasteiger partial charge on any atom is -0.334 e. The van der Waals surface area contributed by atoms with Crippen molar-refractivity contribution in [3.8, 4) is 0 Å². The first kappa shape index (κ1) is 20.1. The summed E-state index contributed by atoms with van der Waals surface area (Å²) in [6, 6.07) is 17.1. The number of nitrogens with zero attached hydrogens (tertiary/aromatic N) is 3. The van der Waals surface area contributed by atoms with Crippen LogP contribution in [0, 0.1) is 10.1 Å². The van der Waals surface area contributed by atoms with Crippen LogP contribution < -0.4 is 10.6 Å². The molecule has 7 nitrogen and oxygen atoms in total. The van der Waals surface area contributed by atoms with E-state index in [1.807, 2.05) is 30.3 Å². The van der Waals surface area contributed by atoms with Gasteiger partial charge < -0.3 is 10.6 Å². The van der Waals surface area contributed by atoms with E-state index in [-0.39, 0.29) is 17.3 Å². The highest BCUT2D eigenvalue weighted by atomic mass is 19.4. The largest absolute Gasteiger partial charge is 0.416 e. The van der Waals surface area contributed by atoms with E-state index in [4.69, 9.17) is 0 Å². The number of benzene rings is 3. The number of aromatic nitrogens is 2. The molecule has 1 aromatic heterocycles. The molecule has 0 bridgehead atoms. The van der Waals surface area contributed by atoms with Gasteiger partial charge in [-0.2, -0.15) is 13.2 Å². The molecule has 156 valence electrons. The number of anilines is 4. The van der Waals surface area contributed by atoms with Gasteiger partial charge in [0.2, 0.25) is 11.6 Å². The molecule has 4 rings (SSSR count). The molecular weight excluding hydrogens is 411 g/mol. The lowest BCUT2D eigenvalue weighted by Crippen LogP contribution is -2.07. The molecule has 0 radical (unpaired) electrons. The third-order valence-electron chi connectivity index (χ3n) is 4.52. The maximum absolute atomic E-state index is 12.7. The van der Waals surface area contributed by atoms with E-state index >= 15 is 0 Å². The van der Waals surface area contributed by atoms with E-state index in [9.17, 15) is 23.3 Å². The number of alkyl halides is 3. The van der Waals surface area contributed by atoms with Crippen LogP contribution in [0.25, 0.3) is 10.8 Å². The number of fused-ring (bicyclic) bond motifs is 1. The van der Waals surface area contributed by atoms with E-state index in [0.29, 0.717) is 5.69 Å². The first-order valence-corrected chi connectivity index (χ1v) is 9.01. The Morgan fingerprint density at radius 2 is 1.48 bits per heavy atom. The van der Waals surface area contributed by atoms with Gasteiger partial charge in [-0.25, -0.2) is 9.97 Å². The van der Waals surface area contributed by atoms with Crippen LogP contribution in [-0.2, 0) is 6.18 Å². The average Bonchev–Trinajstić information content (AvgIpc) is 2.74. The Morgan fingerprint density at radius 1 is 0.839 bits per heavy atom. The van der Waals surface area contributed by atoms with Crippen LogP contribution in [0.5, 0.6) is 0 Å². The average molecular weight is 425 g/mol. The highest BCUT2D eigenvalue weighted by Crippen LogP contribution is 2.35. The fourth-order valence-electron chi connectivity index (χ4n) is 3.08. The van der Waals surface area contributed by atoms with Crippen molar-refractivity contribution in [2.45, 2.75) is 6.18 Å². The van der Waals surface area contributed by atoms with E-state index in [2.05, 4.69) is 20.6 Å². The normalized spacial score (nSPS) is 11.3. The second-order valence-corrected chi connectivity index (χ2v) is 6.53. The molecule has 4 aromatic rings. The first-order chi connectivity index (χ1) is 14.8. The molecular formula is C21H14F3N5O2. The molecule has 0 saturated carbocycles. The predicted octanol–water partition coefficient (Wildman–Crippen LogP) is 6.04. The Bertz CT molecular complexity index is 1250. The van der Waals surface area contributed by atoms with Crippen molar-refractivity contribution in [3.05, 3.63) is 88.7 Å². The van der Waals surface area contributed by atoms with Crippen molar-refractivity contribution in [3.63, 3.8) is 0 Å². The lowest BCUT2D eigenvalue weighted by Gasteiger charge is -2.12. The summed E-state index contributed by atoms with van der Waals surface area (Å²) < 4.78 is 38.2. The zero-order valence-corrected chi connectivity index (χ0v) is 15.7. The third kappa shape index (κ3) is 4.22. The highest BCUT2D eigenvalue weighted by Gasteiger charge is 2.30. The van der Waals surface area contributed by atoms with Gasteiger partial charge >= 0.3 is 11.9 Å². The summed E-state index contributed by atoms with van der Waals surface area (Å²) in [5, 5.41) is 19.2. The summed E-state index contributed by atoms with van der Waals surface area (Å²) in [5.74, 6) is -0.201. The smallest absolute Gasteiger partial charge is 0.334 e. The summed E-state index contributed by atoms with van der Waals surface area (Å²) in [6.07, 6.45) is -3.35. The monoisotopic (exact) mass is 425 g/mol. The van der Waals surface area contributed by atoms with Gasteiger partial charge in [0.15, 0.2) is 0 Å². The molecule has 0 aliphatic carbocycles. The highest BCUT2D eigenvalue weighted by molar-refractivity contribution is 5.96. The van der Waals surface area contributed by atoms with Crippen molar-refractivity contribution in [2.24, 2.45) is 0 Å². The van der Waals surface area contributed by atoms with Crippen molar-refractivity contribution in [1.29, 1.82) is 0 Å². The molecule has 1 heterocycles. The summed E-state index contributed by atoms with van der Waals surface area (Å²) in [4.78, 5) is 19.0.